The summed E-state index contributed by atoms with van der Waals surface area (Å²) in [6.07, 6.45) is -4.92. The first kappa shape index (κ1) is 13.7. The van der Waals surface area contributed by atoms with E-state index in [1.807, 2.05) is 31.1 Å². The molecule has 0 N–H and O–H groups in total. The molecule has 0 aliphatic carbocycles. The molecule has 1 rings (SSSR count). The minimum Gasteiger partial charge on any atom is -0.494 e. The topological polar surface area (TPSA) is 12.5 Å². The highest BCUT2D eigenvalue weighted by atomic mass is 19.4. The van der Waals surface area contributed by atoms with Gasteiger partial charge in [-0.05, 0) is 30.7 Å². The van der Waals surface area contributed by atoms with Crippen LogP contribution in [0.2, 0.25) is 0 Å². The lowest BCUT2D eigenvalue weighted by Gasteiger charge is -2.13. The molecule has 0 saturated carbocycles. The fourth-order valence-electron chi connectivity index (χ4n) is 1.30. The zero-order valence-electron chi connectivity index (χ0n) is 9.92. The van der Waals surface area contributed by atoms with Crippen molar-refractivity contribution in [2.24, 2.45) is 0 Å². The van der Waals surface area contributed by atoms with E-state index in [-0.39, 0.29) is 13.0 Å². The van der Waals surface area contributed by atoms with Crippen molar-refractivity contribution in [2.45, 2.75) is 19.0 Å². The molecule has 0 saturated heterocycles. The highest BCUT2D eigenvalue weighted by Gasteiger charge is 2.26. The lowest BCUT2D eigenvalue weighted by atomic mass is 10.3. The molecule has 0 atom stereocenters. The van der Waals surface area contributed by atoms with Crippen molar-refractivity contribution in [3.05, 3.63) is 24.3 Å². The number of ether oxygens (including phenoxy) is 1. The van der Waals surface area contributed by atoms with E-state index in [1.54, 1.807) is 12.1 Å². The Hall–Kier alpha value is -1.39. The molecular formula is C12H16F3NO. The first-order chi connectivity index (χ1) is 7.88. The van der Waals surface area contributed by atoms with Crippen LogP contribution in [-0.4, -0.2) is 26.9 Å². The zero-order valence-corrected chi connectivity index (χ0v) is 9.92. The first-order valence-electron chi connectivity index (χ1n) is 5.35. The van der Waals surface area contributed by atoms with E-state index in [4.69, 9.17) is 4.74 Å². The standard InChI is InChI=1S/C12H16F3NO/c1-16(2)10-4-6-11(7-5-10)17-9-3-8-12(13,14)15/h4-7H,3,8-9H2,1-2H3. The van der Waals surface area contributed by atoms with Gasteiger partial charge in [0.05, 0.1) is 6.61 Å². The average molecular weight is 247 g/mol. The van der Waals surface area contributed by atoms with Crippen LogP contribution < -0.4 is 9.64 Å². The van der Waals surface area contributed by atoms with Crippen molar-refractivity contribution in [1.29, 1.82) is 0 Å². The quantitative estimate of drug-likeness (QED) is 0.739. The van der Waals surface area contributed by atoms with Gasteiger partial charge in [0.1, 0.15) is 5.75 Å². The maximum atomic E-state index is 11.9. The molecule has 2 nitrogen and oxygen atoms in total. The van der Waals surface area contributed by atoms with Crippen molar-refractivity contribution in [3.8, 4) is 5.75 Å². The molecule has 0 amide bonds. The Kier molecular flexibility index (Phi) is 4.66. The summed E-state index contributed by atoms with van der Waals surface area (Å²) < 4.78 is 40.8. The highest BCUT2D eigenvalue weighted by Crippen LogP contribution is 2.22. The third-order valence-electron chi connectivity index (χ3n) is 2.23. The summed E-state index contributed by atoms with van der Waals surface area (Å²) in [5.41, 5.74) is 1.02. The molecule has 0 heterocycles. The Labute approximate surface area is 99.0 Å². The zero-order chi connectivity index (χ0) is 12.9. The second-order valence-electron chi connectivity index (χ2n) is 3.96. The fraction of sp³-hybridized carbons (Fsp3) is 0.500. The summed E-state index contributed by atoms with van der Waals surface area (Å²) >= 11 is 0. The van der Waals surface area contributed by atoms with Crippen molar-refractivity contribution < 1.29 is 17.9 Å². The molecule has 0 fully saturated rings. The first-order valence-corrected chi connectivity index (χ1v) is 5.35. The van der Waals surface area contributed by atoms with Crippen LogP contribution in [0.5, 0.6) is 5.75 Å². The van der Waals surface area contributed by atoms with Gasteiger partial charge in [0, 0.05) is 26.2 Å². The normalized spacial score (nSPS) is 11.4. The number of alkyl halides is 3. The summed E-state index contributed by atoms with van der Waals surface area (Å²) in [5.74, 6) is 0.595. The molecule has 5 heteroatoms. The fourth-order valence-corrected chi connectivity index (χ4v) is 1.30. The van der Waals surface area contributed by atoms with Crippen LogP contribution in [-0.2, 0) is 0 Å². The summed E-state index contributed by atoms with van der Waals surface area (Å²) in [6, 6.07) is 7.23. The number of nitrogens with zero attached hydrogens (tertiary/aromatic N) is 1. The highest BCUT2D eigenvalue weighted by molar-refractivity contribution is 5.47. The van der Waals surface area contributed by atoms with Crippen molar-refractivity contribution in [2.75, 3.05) is 25.6 Å². The summed E-state index contributed by atoms with van der Waals surface area (Å²) in [6.45, 7) is 0.0841. The van der Waals surface area contributed by atoms with Gasteiger partial charge >= 0.3 is 6.18 Å². The van der Waals surface area contributed by atoms with Crippen LogP contribution in [0, 0.1) is 0 Å². The molecule has 0 spiro atoms. The van der Waals surface area contributed by atoms with Crippen LogP contribution >= 0.6 is 0 Å². The third kappa shape index (κ3) is 5.47. The second-order valence-corrected chi connectivity index (χ2v) is 3.96. The van der Waals surface area contributed by atoms with E-state index in [0.29, 0.717) is 5.75 Å². The Morgan fingerprint density at radius 2 is 1.71 bits per heavy atom. The monoisotopic (exact) mass is 247 g/mol. The van der Waals surface area contributed by atoms with Crippen LogP contribution in [0.1, 0.15) is 12.8 Å². The van der Waals surface area contributed by atoms with Gasteiger partial charge in [-0.15, -0.1) is 0 Å². The summed E-state index contributed by atoms with van der Waals surface area (Å²) in [7, 11) is 3.83. The summed E-state index contributed by atoms with van der Waals surface area (Å²) in [5, 5.41) is 0. The number of anilines is 1. The SMILES string of the molecule is CN(C)c1ccc(OCCCC(F)(F)F)cc1. The molecular weight excluding hydrogens is 231 g/mol. The molecule has 1 aromatic rings. The Morgan fingerprint density at radius 1 is 1.12 bits per heavy atom. The molecule has 0 unspecified atom stereocenters. The predicted molar refractivity (Wildman–Crippen MR) is 61.6 cm³/mol. The van der Waals surface area contributed by atoms with Gasteiger partial charge < -0.3 is 9.64 Å². The minimum absolute atomic E-state index is 0.0149. The Bertz CT molecular complexity index is 333. The number of halogens is 3. The van der Waals surface area contributed by atoms with E-state index in [0.717, 1.165) is 5.69 Å². The minimum atomic E-state index is -4.10. The van der Waals surface area contributed by atoms with Crippen LogP contribution in [0.4, 0.5) is 18.9 Å². The average Bonchev–Trinajstić information content (AvgIpc) is 2.24. The lowest BCUT2D eigenvalue weighted by Crippen LogP contribution is -2.10. The van der Waals surface area contributed by atoms with Gasteiger partial charge in [-0.1, -0.05) is 0 Å². The van der Waals surface area contributed by atoms with Gasteiger partial charge in [-0.25, -0.2) is 0 Å². The molecule has 0 radical (unpaired) electrons. The van der Waals surface area contributed by atoms with Crippen molar-refractivity contribution in [1.82, 2.24) is 0 Å². The van der Waals surface area contributed by atoms with E-state index in [2.05, 4.69) is 0 Å². The number of rotatable bonds is 5. The van der Waals surface area contributed by atoms with Crippen LogP contribution in [0.15, 0.2) is 24.3 Å². The Balaban J connectivity index is 2.33. The van der Waals surface area contributed by atoms with Gasteiger partial charge in [-0.3, -0.25) is 0 Å². The van der Waals surface area contributed by atoms with Crippen molar-refractivity contribution in [3.63, 3.8) is 0 Å². The number of benzene rings is 1. The maximum absolute atomic E-state index is 11.9. The van der Waals surface area contributed by atoms with Gasteiger partial charge in [-0.2, -0.15) is 13.2 Å². The molecule has 96 valence electrons. The predicted octanol–water partition coefficient (Wildman–Crippen LogP) is 3.47. The van der Waals surface area contributed by atoms with Gasteiger partial charge in [0.15, 0.2) is 0 Å². The van der Waals surface area contributed by atoms with Crippen LogP contribution in [0.25, 0.3) is 0 Å². The molecule has 0 aromatic heterocycles. The van der Waals surface area contributed by atoms with Crippen LogP contribution in [0.3, 0.4) is 0 Å². The molecule has 1 aromatic carbocycles. The summed E-state index contributed by atoms with van der Waals surface area (Å²) in [4.78, 5) is 1.94. The van der Waals surface area contributed by atoms with E-state index in [1.165, 1.54) is 0 Å². The van der Waals surface area contributed by atoms with Gasteiger partial charge in [0.25, 0.3) is 0 Å². The largest absolute Gasteiger partial charge is 0.494 e. The third-order valence-corrected chi connectivity index (χ3v) is 2.23. The van der Waals surface area contributed by atoms with E-state index >= 15 is 0 Å². The molecule has 17 heavy (non-hydrogen) atoms. The van der Waals surface area contributed by atoms with Crippen molar-refractivity contribution >= 4 is 5.69 Å². The smallest absolute Gasteiger partial charge is 0.389 e. The molecule has 0 aliphatic rings. The number of hydrogen-bond acceptors (Lipinski definition) is 2. The molecule has 0 bridgehead atoms. The maximum Gasteiger partial charge on any atom is 0.389 e. The number of hydrogen-bond donors (Lipinski definition) is 0. The Morgan fingerprint density at radius 3 is 2.18 bits per heavy atom. The molecule has 0 aliphatic heterocycles. The van der Waals surface area contributed by atoms with E-state index in [9.17, 15) is 13.2 Å². The lowest BCUT2D eigenvalue weighted by molar-refractivity contribution is -0.136. The van der Waals surface area contributed by atoms with Gasteiger partial charge in [0.2, 0.25) is 0 Å². The second kappa shape index (κ2) is 5.80. The van der Waals surface area contributed by atoms with E-state index < -0.39 is 12.6 Å².